The predicted octanol–water partition coefficient (Wildman–Crippen LogP) is 3.49. The van der Waals surface area contributed by atoms with Crippen LogP contribution in [0.2, 0.25) is 5.02 Å². The van der Waals surface area contributed by atoms with Gasteiger partial charge in [0.1, 0.15) is 6.04 Å². The molecule has 0 fully saturated rings. The van der Waals surface area contributed by atoms with Gasteiger partial charge < -0.3 is 21.1 Å². The summed E-state index contributed by atoms with van der Waals surface area (Å²) in [4.78, 5) is 35.7. The number of carbonyl (C=O) groups is 3. The van der Waals surface area contributed by atoms with Crippen LogP contribution in [0.1, 0.15) is 51.4 Å². The molecule has 0 aliphatic carbocycles. The number of urea groups is 1. The lowest BCUT2D eigenvalue weighted by Gasteiger charge is -2.21. The molecule has 4 N–H and O–H groups in total. The fourth-order valence-electron chi connectivity index (χ4n) is 2.21. The van der Waals surface area contributed by atoms with Crippen LogP contribution in [0.15, 0.2) is 18.2 Å². The van der Waals surface area contributed by atoms with Gasteiger partial charge in [-0.1, -0.05) is 25.4 Å². The van der Waals surface area contributed by atoms with Crippen molar-refractivity contribution in [2.75, 3.05) is 5.32 Å². The first kappa shape index (κ1) is 21.8. The van der Waals surface area contributed by atoms with Crippen molar-refractivity contribution in [1.29, 1.82) is 0 Å². The molecule has 144 valence electrons. The molecule has 0 bridgehead atoms. The number of carbonyl (C=O) groups excluding carboxylic acids is 2. The summed E-state index contributed by atoms with van der Waals surface area (Å²) in [5.74, 6) is -1.62. The van der Waals surface area contributed by atoms with E-state index in [-0.39, 0.29) is 16.5 Å². The zero-order chi connectivity index (χ0) is 20.1. The van der Waals surface area contributed by atoms with Crippen molar-refractivity contribution in [2.45, 2.75) is 52.6 Å². The number of carboxylic acid groups (broad SMARTS) is 1. The van der Waals surface area contributed by atoms with Gasteiger partial charge in [0.05, 0.1) is 10.6 Å². The molecule has 1 aromatic rings. The molecule has 1 atom stereocenters. The molecule has 0 radical (unpaired) electrons. The fourth-order valence-corrected chi connectivity index (χ4v) is 2.41. The molecule has 26 heavy (non-hydrogen) atoms. The summed E-state index contributed by atoms with van der Waals surface area (Å²) in [6, 6.07) is 3.01. The van der Waals surface area contributed by atoms with E-state index >= 15 is 0 Å². The van der Waals surface area contributed by atoms with E-state index in [1.54, 1.807) is 6.07 Å². The number of halogens is 1. The smallest absolute Gasteiger partial charge is 0.326 e. The Kier molecular flexibility index (Phi) is 7.44. The molecule has 0 spiro atoms. The lowest BCUT2D eigenvalue weighted by atomic mass is 10.0. The Hall–Kier alpha value is -2.28. The van der Waals surface area contributed by atoms with E-state index in [1.165, 1.54) is 12.1 Å². The third-order valence-electron chi connectivity index (χ3n) is 3.27. The van der Waals surface area contributed by atoms with E-state index in [0.29, 0.717) is 12.1 Å². The van der Waals surface area contributed by atoms with Crippen LogP contribution in [-0.4, -0.2) is 34.6 Å². The van der Waals surface area contributed by atoms with E-state index in [2.05, 4.69) is 16.0 Å². The molecule has 0 aliphatic rings. The standard InChI is InChI=1S/C18H26ClN3O4/c1-10(2)8-14(16(24)25)21-15(23)12-9-11(6-7-13(12)19)20-17(26)22-18(3,4)5/h6-7,9-10,14H,8H2,1-5H3,(H,21,23)(H,24,25)(H2,20,22,26)/t14-/m0/s1. The summed E-state index contributed by atoms with van der Waals surface area (Å²) in [5, 5.41) is 17.3. The van der Waals surface area contributed by atoms with Crippen LogP contribution in [-0.2, 0) is 4.79 Å². The number of amides is 3. The van der Waals surface area contributed by atoms with Crippen molar-refractivity contribution in [3.63, 3.8) is 0 Å². The molecule has 8 heteroatoms. The van der Waals surface area contributed by atoms with Crippen molar-refractivity contribution >= 4 is 35.2 Å². The number of nitrogens with one attached hydrogen (secondary N) is 3. The Bertz CT molecular complexity index is 684. The Morgan fingerprint density at radius 1 is 1.19 bits per heavy atom. The molecular formula is C18H26ClN3O4. The topological polar surface area (TPSA) is 108 Å². The van der Waals surface area contributed by atoms with Gasteiger partial charge in [0.25, 0.3) is 5.91 Å². The van der Waals surface area contributed by atoms with Crippen molar-refractivity contribution in [1.82, 2.24) is 10.6 Å². The van der Waals surface area contributed by atoms with Crippen LogP contribution in [0.3, 0.4) is 0 Å². The number of anilines is 1. The van der Waals surface area contributed by atoms with Gasteiger partial charge in [-0.25, -0.2) is 9.59 Å². The highest BCUT2D eigenvalue weighted by Gasteiger charge is 2.23. The van der Waals surface area contributed by atoms with Gasteiger partial charge in [-0.05, 0) is 51.3 Å². The summed E-state index contributed by atoms with van der Waals surface area (Å²) in [6.45, 7) is 9.26. The number of hydrogen-bond acceptors (Lipinski definition) is 3. The largest absolute Gasteiger partial charge is 0.480 e. The van der Waals surface area contributed by atoms with Gasteiger partial charge in [-0.15, -0.1) is 0 Å². The minimum absolute atomic E-state index is 0.0928. The molecule has 0 aromatic heterocycles. The molecule has 0 unspecified atom stereocenters. The van der Waals surface area contributed by atoms with E-state index in [1.807, 2.05) is 34.6 Å². The lowest BCUT2D eigenvalue weighted by Crippen LogP contribution is -2.43. The highest BCUT2D eigenvalue weighted by atomic mass is 35.5. The highest BCUT2D eigenvalue weighted by molar-refractivity contribution is 6.34. The molecule has 1 aromatic carbocycles. The van der Waals surface area contributed by atoms with E-state index in [9.17, 15) is 19.5 Å². The fraction of sp³-hybridized carbons (Fsp3) is 0.500. The minimum atomic E-state index is -1.11. The van der Waals surface area contributed by atoms with E-state index in [4.69, 9.17) is 11.6 Å². The SMILES string of the molecule is CC(C)C[C@H](NC(=O)c1cc(NC(=O)NC(C)(C)C)ccc1Cl)C(=O)O. The second-order valence-corrected chi connectivity index (χ2v) is 7.92. The van der Waals surface area contributed by atoms with Gasteiger partial charge in [0, 0.05) is 11.2 Å². The number of carboxylic acids is 1. The maximum atomic E-state index is 12.4. The first-order valence-electron chi connectivity index (χ1n) is 8.31. The summed E-state index contributed by atoms with van der Waals surface area (Å²) in [7, 11) is 0. The maximum Gasteiger partial charge on any atom is 0.326 e. The van der Waals surface area contributed by atoms with E-state index < -0.39 is 29.5 Å². The van der Waals surface area contributed by atoms with Crippen LogP contribution in [0.25, 0.3) is 0 Å². The van der Waals surface area contributed by atoms with Crippen molar-refractivity contribution in [3.05, 3.63) is 28.8 Å². The zero-order valence-electron chi connectivity index (χ0n) is 15.6. The lowest BCUT2D eigenvalue weighted by molar-refractivity contribution is -0.139. The summed E-state index contributed by atoms with van der Waals surface area (Å²) < 4.78 is 0. The van der Waals surface area contributed by atoms with Gasteiger partial charge >= 0.3 is 12.0 Å². The third kappa shape index (κ3) is 7.31. The first-order chi connectivity index (χ1) is 11.9. The molecule has 7 nitrogen and oxygen atoms in total. The van der Waals surface area contributed by atoms with Crippen LogP contribution in [0.5, 0.6) is 0 Å². The molecule has 0 aliphatic heterocycles. The summed E-state index contributed by atoms with van der Waals surface area (Å²) >= 11 is 6.07. The Labute approximate surface area is 158 Å². The van der Waals surface area contributed by atoms with E-state index in [0.717, 1.165) is 0 Å². The van der Waals surface area contributed by atoms with Crippen LogP contribution in [0, 0.1) is 5.92 Å². The van der Waals surface area contributed by atoms with Gasteiger partial charge in [0.2, 0.25) is 0 Å². The quantitative estimate of drug-likeness (QED) is 0.603. The number of aliphatic carboxylic acids is 1. The molecule has 0 saturated carbocycles. The average Bonchev–Trinajstić information content (AvgIpc) is 2.45. The Morgan fingerprint density at radius 2 is 1.81 bits per heavy atom. The second-order valence-electron chi connectivity index (χ2n) is 7.52. The number of rotatable bonds is 6. The monoisotopic (exact) mass is 383 g/mol. The average molecular weight is 384 g/mol. The number of benzene rings is 1. The maximum absolute atomic E-state index is 12.4. The number of hydrogen-bond donors (Lipinski definition) is 4. The summed E-state index contributed by atoms with van der Waals surface area (Å²) in [5.41, 5.74) is 0.0506. The summed E-state index contributed by atoms with van der Waals surface area (Å²) in [6.07, 6.45) is 0.296. The predicted molar refractivity (Wildman–Crippen MR) is 102 cm³/mol. The van der Waals surface area contributed by atoms with Crippen molar-refractivity contribution in [3.8, 4) is 0 Å². The first-order valence-corrected chi connectivity index (χ1v) is 8.69. The van der Waals surface area contributed by atoms with Crippen molar-refractivity contribution in [2.24, 2.45) is 5.92 Å². The molecule has 1 rings (SSSR count). The van der Waals surface area contributed by atoms with Crippen LogP contribution >= 0.6 is 11.6 Å². The van der Waals surface area contributed by atoms with Gasteiger partial charge in [-0.3, -0.25) is 4.79 Å². The third-order valence-corrected chi connectivity index (χ3v) is 3.60. The normalized spacial score (nSPS) is 12.4. The van der Waals surface area contributed by atoms with Gasteiger partial charge in [0.15, 0.2) is 0 Å². The second kappa shape index (κ2) is 8.89. The Morgan fingerprint density at radius 3 is 2.31 bits per heavy atom. The van der Waals surface area contributed by atoms with Crippen LogP contribution in [0.4, 0.5) is 10.5 Å². The molecular weight excluding hydrogens is 358 g/mol. The zero-order valence-corrected chi connectivity index (χ0v) is 16.4. The molecule has 0 heterocycles. The van der Waals surface area contributed by atoms with Gasteiger partial charge in [-0.2, -0.15) is 0 Å². The van der Waals surface area contributed by atoms with Crippen molar-refractivity contribution < 1.29 is 19.5 Å². The molecule has 0 saturated heterocycles. The molecule has 3 amide bonds. The minimum Gasteiger partial charge on any atom is -0.480 e. The van der Waals surface area contributed by atoms with Crippen LogP contribution < -0.4 is 16.0 Å². The Balaban J connectivity index is 2.93. The highest BCUT2D eigenvalue weighted by Crippen LogP contribution is 2.21.